The first-order valence-electron chi connectivity index (χ1n) is 8.17. The molecular weight excluding hydrogens is 236 g/mol. The second-order valence-corrected chi connectivity index (χ2v) is 7.31. The maximum Gasteiger partial charge on any atom is 0.244 e. The van der Waals surface area contributed by atoms with Crippen molar-refractivity contribution in [2.75, 3.05) is 6.54 Å². The molecule has 3 fully saturated rings. The van der Waals surface area contributed by atoms with Crippen LogP contribution in [0.2, 0.25) is 0 Å². The predicted octanol–water partition coefficient (Wildman–Crippen LogP) is 3.05. The third kappa shape index (κ3) is 2.20. The van der Waals surface area contributed by atoms with E-state index in [-0.39, 0.29) is 11.7 Å². The fourth-order valence-corrected chi connectivity index (χ4v) is 4.51. The van der Waals surface area contributed by atoms with Crippen LogP contribution in [0.5, 0.6) is 0 Å². The van der Waals surface area contributed by atoms with E-state index >= 15 is 0 Å². The lowest BCUT2D eigenvalue weighted by Gasteiger charge is -2.33. The number of amides is 1. The molecule has 3 rings (SSSR count). The Morgan fingerprint density at radius 3 is 2.32 bits per heavy atom. The number of nitrogens with zero attached hydrogens (tertiary/aromatic N) is 1. The molecule has 1 N–H and O–H groups in total. The maximum absolute atomic E-state index is 12.9. The molecule has 1 saturated heterocycles. The summed E-state index contributed by atoms with van der Waals surface area (Å²) in [4.78, 5) is 15.1. The van der Waals surface area contributed by atoms with Gasteiger partial charge in [-0.2, -0.15) is 0 Å². The number of carbonyl (C=O) groups excluding carboxylic acids is 1. The Balaban J connectivity index is 1.77. The van der Waals surface area contributed by atoms with Gasteiger partial charge in [0.05, 0.1) is 11.7 Å². The van der Waals surface area contributed by atoms with Crippen molar-refractivity contribution in [2.24, 2.45) is 5.41 Å². The number of hydrogen-bond acceptors (Lipinski definition) is 2. The minimum Gasteiger partial charge on any atom is -0.325 e. The smallest absolute Gasteiger partial charge is 0.244 e. The summed E-state index contributed by atoms with van der Waals surface area (Å²) in [6.07, 6.45) is 11.1. The van der Waals surface area contributed by atoms with Gasteiger partial charge in [0.1, 0.15) is 0 Å². The molecule has 0 aromatic carbocycles. The fourth-order valence-electron chi connectivity index (χ4n) is 4.51. The van der Waals surface area contributed by atoms with Gasteiger partial charge in [0.15, 0.2) is 0 Å². The van der Waals surface area contributed by atoms with Crippen molar-refractivity contribution in [3.05, 3.63) is 0 Å². The highest BCUT2D eigenvalue weighted by Gasteiger charge is 2.52. The maximum atomic E-state index is 12.9. The summed E-state index contributed by atoms with van der Waals surface area (Å²) in [5.74, 6) is 0.407. The summed E-state index contributed by atoms with van der Waals surface area (Å²) < 4.78 is 0. The van der Waals surface area contributed by atoms with Crippen molar-refractivity contribution in [2.45, 2.75) is 83.3 Å². The van der Waals surface area contributed by atoms with Crippen LogP contribution in [0.4, 0.5) is 0 Å². The minimum atomic E-state index is -0.185. The molecule has 1 spiro atoms. The topological polar surface area (TPSA) is 32.3 Å². The van der Waals surface area contributed by atoms with Crippen LogP contribution in [0.25, 0.3) is 0 Å². The lowest BCUT2D eigenvalue weighted by molar-refractivity contribution is -0.134. The molecule has 0 radical (unpaired) electrons. The molecule has 2 saturated carbocycles. The van der Waals surface area contributed by atoms with Crippen LogP contribution in [0.3, 0.4) is 0 Å². The molecule has 1 atom stereocenters. The van der Waals surface area contributed by atoms with Crippen LogP contribution in [0.15, 0.2) is 0 Å². The van der Waals surface area contributed by atoms with E-state index in [0.29, 0.717) is 11.3 Å². The Morgan fingerprint density at radius 2 is 1.74 bits per heavy atom. The van der Waals surface area contributed by atoms with Crippen molar-refractivity contribution in [1.29, 1.82) is 0 Å². The number of rotatable bonds is 3. The number of carbonyl (C=O) groups is 1. The van der Waals surface area contributed by atoms with Crippen LogP contribution in [0, 0.1) is 5.41 Å². The quantitative estimate of drug-likeness (QED) is 0.849. The summed E-state index contributed by atoms with van der Waals surface area (Å²) in [6.45, 7) is 5.54. The third-order valence-corrected chi connectivity index (χ3v) is 5.70. The highest BCUT2D eigenvalue weighted by molar-refractivity contribution is 5.89. The first-order valence-corrected chi connectivity index (χ1v) is 8.17. The molecule has 3 nitrogen and oxygen atoms in total. The largest absolute Gasteiger partial charge is 0.325 e. The Morgan fingerprint density at radius 1 is 1.16 bits per heavy atom. The lowest BCUT2D eigenvalue weighted by atomic mass is 9.87. The molecule has 3 heteroatoms. The molecule has 0 aromatic rings. The molecule has 19 heavy (non-hydrogen) atoms. The summed E-state index contributed by atoms with van der Waals surface area (Å²) in [6, 6.07) is 0. The van der Waals surface area contributed by atoms with Crippen molar-refractivity contribution >= 4 is 5.91 Å². The fraction of sp³-hybridized carbons (Fsp3) is 0.938. The second-order valence-electron chi connectivity index (χ2n) is 7.31. The van der Waals surface area contributed by atoms with Crippen molar-refractivity contribution in [1.82, 2.24) is 10.2 Å². The summed E-state index contributed by atoms with van der Waals surface area (Å²) in [7, 11) is 0. The standard InChI is InChI=1S/C16H28N2O/c1-3-13-17-16(10-6-7-11-16)14(19)18(13)12-15(2)8-4-5-9-15/h13,17H,3-12H2,1-2H3. The van der Waals surface area contributed by atoms with Crippen LogP contribution in [-0.2, 0) is 4.79 Å². The molecule has 0 bridgehead atoms. The van der Waals surface area contributed by atoms with E-state index in [1.807, 2.05) is 0 Å². The zero-order valence-electron chi connectivity index (χ0n) is 12.5. The Bertz CT molecular complexity index is 354. The molecule has 1 aliphatic heterocycles. The second kappa shape index (κ2) is 4.76. The van der Waals surface area contributed by atoms with Gasteiger partial charge in [0.25, 0.3) is 0 Å². The molecule has 108 valence electrons. The molecular formula is C16H28N2O. The molecule has 1 amide bonds. The molecule has 1 heterocycles. The van der Waals surface area contributed by atoms with Crippen LogP contribution >= 0.6 is 0 Å². The predicted molar refractivity (Wildman–Crippen MR) is 76.7 cm³/mol. The summed E-state index contributed by atoms with van der Waals surface area (Å²) >= 11 is 0. The summed E-state index contributed by atoms with van der Waals surface area (Å²) in [5.41, 5.74) is 0.185. The van der Waals surface area contributed by atoms with Crippen LogP contribution in [0.1, 0.15) is 71.6 Å². The number of nitrogens with one attached hydrogen (secondary N) is 1. The Hall–Kier alpha value is -0.570. The van der Waals surface area contributed by atoms with E-state index in [1.54, 1.807) is 0 Å². The van der Waals surface area contributed by atoms with Gasteiger partial charge in [-0.1, -0.05) is 39.5 Å². The minimum absolute atomic E-state index is 0.185. The monoisotopic (exact) mass is 264 g/mol. The first kappa shape index (κ1) is 13.4. The number of hydrogen-bond donors (Lipinski definition) is 1. The van der Waals surface area contributed by atoms with Crippen molar-refractivity contribution < 1.29 is 4.79 Å². The van der Waals surface area contributed by atoms with Gasteiger partial charge >= 0.3 is 0 Å². The van der Waals surface area contributed by atoms with E-state index in [9.17, 15) is 4.79 Å². The van der Waals surface area contributed by atoms with E-state index in [4.69, 9.17) is 0 Å². The van der Waals surface area contributed by atoms with E-state index in [1.165, 1.54) is 38.5 Å². The van der Waals surface area contributed by atoms with Crippen molar-refractivity contribution in [3.8, 4) is 0 Å². The summed E-state index contributed by atoms with van der Waals surface area (Å²) in [5, 5.41) is 3.68. The zero-order valence-corrected chi connectivity index (χ0v) is 12.5. The zero-order chi connectivity index (χ0) is 13.5. The normalized spacial score (nSPS) is 32.6. The van der Waals surface area contributed by atoms with Gasteiger partial charge < -0.3 is 4.90 Å². The van der Waals surface area contributed by atoms with Crippen LogP contribution in [-0.4, -0.2) is 29.1 Å². The van der Waals surface area contributed by atoms with E-state index in [2.05, 4.69) is 24.1 Å². The average Bonchev–Trinajstić information content (AvgIpc) is 3.08. The highest BCUT2D eigenvalue weighted by Crippen LogP contribution is 2.42. The average molecular weight is 264 g/mol. The van der Waals surface area contributed by atoms with Gasteiger partial charge in [-0.25, -0.2) is 0 Å². The highest BCUT2D eigenvalue weighted by atomic mass is 16.2. The molecule has 2 aliphatic carbocycles. The van der Waals surface area contributed by atoms with Crippen LogP contribution < -0.4 is 5.32 Å². The lowest BCUT2D eigenvalue weighted by Crippen LogP contribution is -2.45. The van der Waals surface area contributed by atoms with E-state index < -0.39 is 0 Å². The van der Waals surface area contributed by atoms with E-state index in [0.717, 1.165) is 25.8 Å². The van der Waals surface area contributed by atoms with Gasteiger partial charge in [-0.05, 0) is 37.5 Å². The van der Waals surface area contributed by atoms with Gasteiger partial charge in [-0.15, -0.1) is 0 Å². The molecule has 3 aliphatic rings. The Kier molecular flexibility index (Phi) is 3.36. The van der Waals surface area contributed by atoms with Gasteiger partial charge in [0.2, 0.25) is 5.91 Å². The van der Waals surface area contributed by atoms with Crippen molar-refractivity contribution in [3.63, 3.8) is 0 Å². The van der Waals surface area contributed by atoms with Gasteiger partial charge in [-0.3, -0.25) is 10.1 Å². The molecule has 1 unspecified atom stereocenters. The molecule has 0 aromatic heterocycles. The SMILES string of the molecule is CCC1NC2(CCCC2)C(=O)N1CC1(C)CCCC1. The van der Waals surface area contributed by atoms with Gasteiger partial charge in [0, 0.05) is 6.54 Å². The third-order valence-electron chi connectivity index (χ3n) is 5.70. The first-order chi connectivity index (χ1) is 9.09. The Labute approximate surface area is 117 Å².